The molecule has 5 heteroatoms. The van der Waals surface area contributed by atoms with E-state index in [2.05, 4.69) is 150 Å². The van der Waals surface area contributed by atoms with E-state index in [1.165, 1.54) is 16.3 Å². The van der Waals surface area contributed by atoms with Gasteiger partial charge in [-0.3, -0.25) is 0 Å². The van der Waals surface area contributed by atoms with Crippen LogP contribution in [-0.2, 0) is 6.18 Å². The van der Waals surface area contributed by atoms with Crippen LogP contribution in [-0.4, -0.2) is 9.55 Å². The van der Waals surface area contributed by atoms with Gasteiger partial charge in [0.25, 0.3) is 0 Å². The van der Waals surface area contributed by atoms with Crippen LogP contribution in [0.4, 0.5) is 13.2 Å². The van der Waals surface area contributed by atoms with E-state index in [0.717, 1.165) is 111 Å². The number of pyridine rings is 1. The van der Waals surface area contributed by atoms with E-state index in [0.29, 0.717) is 0 Å². The van der Waals surface area contributed by atoms with Crippen molar-refractivity contribution < 1.29 is 13.2 Å². The number of hydrogen-bond donors (Lipinski definition) is 0. The number of benzene rings is 10. The van der Waals surface area contributed by atoms with E-state index in [4.69, 9.17) is 4.98 Å². The van der Waals surface area contributed by atoms with E-state index in [1.54, 1.807) is 12.1 Å². The molecule has 0 atom stereocenters. The Kier molecular flexibility index (Phi) is 8.35. The number of hydrogen-bond acceptors (Lipinski definition) is 1. The maximum atomic E-state index is 13.6. The van der Waals surface area contributed by atoms with Gasteiger partial charge in [0.2, 0.25) is 0 Å². The summed E-state index contributed by atoms with van der Waals surface area (Å²) >= 11 is 0. The van der Waals surface area contributed by atoms with Gasteiger partial charge in [-0.15, -0.1) is 0 Å². The van der Waals surface area contributed by atoms with Crippen molar-refractivity contribution in [1.82, 2.24) is 9.55 Å². The van der Waals surface area contributed by atoms with Crippen molar-refractivity contribution in [1.29, 1.82) is 0 Å². The zero-order chi connectivity index (χ0) is 42.2. The minimum Gasteiger partial charge on any atom is -0.309 e. The van der Waals surface area contributed by atoms with Gasteiger partial charge in [0, 0.05) is 21.9 Å². The van der Waals surface area contributed by atoms with Crippen molar-refractivity contribution in [2.24, 2.45) is 0 Å². The fourth-order valence-electron chi connectivity index (χ4n) is 9.58. The topological polar surface area (TPSA) is 17.8 Å². The second-order valence-electron chi connectivity index (χ2n) is 16.2. The van der Waals surface area contributed by atoms with Gasteiger partial charge in [-0.1, -0.05) is 158 Å². The van der Waals surface area contributed by atoms with Crippen molar-refractivity contribution in [3.05, 3.63) is 218 Å². The number of nitrogens with zero attached hydrogens (tertiary/aromatic N) is 2. The molecule has 12 rings (SSSR count). The summed E-state index contributed by atoms with van der Waals surface area (Å²) in [4.78, 5) is 5.23. The lowest BCUT2D eigenvalue weighted by molar-refractivity contribution is -0.137. The molecule has 0 bridgehead atoms. The van der Waals surface area contributed by atoms with Crippen LogP contribution in [0, 0.1) is 0 Å². The fraction of sp³-hybridized carbons (Fsp3) is 0.0172. The second-order valence-corrected chi connectivity index (χ2v) is 16.2. The van der Waals surface area contributed by atoms with Gasteiger partial charge >= 0.3 is 6.18 Å². The highest BCUT2D eigenvalue weighted by Gasteiger charge is 2.30. The van der Waals surface area contributed by atoms with Crippen LogP contribution in [0.25, 0.3) is 115 Å². The molecule has 2 nitrogen and oxygen atoms in total. The van der Waals surface area contributed by atoms with Gasteiger partial charge in [-0.25, -0.2) is 4.98 Å². The van der Waals surface area contributed by atoms with Gasteiger partial charge in [-0.2, -0.15) is 13.2 Å². The molecule has 0 aliphatic heterocycles. The molecule has 0 fully saturated rings. The van der Waals surface area contributed by atoms with Crippen molar-refractivity contribution in [3.8, 4) is 50.5 Å². The molecular formula is C58H35F3N2. The van der Waals surface area contributed by atoms with Crippen molar-refractivity contribution >= 4 is 64.9 Å². The molecule has 0 N–H and O–H groups in total. The van der Waals surface area contributed by atoms with Crippen LogP contribution in [0.15, 0.2) is 212 Å². The summed E-state index contributed by atoms with van der Waals surface area (Å²) in [7, 11) is 0. The number of fused-ring (bicyclic) bond motifs is 10. The first-order valence-corrected chi connectivity index (χ1v) is 21.0. The minimum atomic E-state index is -4.41. The number of alkyl halides is 3. The van der Waals surface area contributed by atoms with Crippen LogP contribution >= 0.6 is 0 Å². The molecule has 63 heavy (non-hydrogen) atoms. The molecule has 0 aliphatic rings. The number of aromatic nitrogens is 2. The molecule has 10 aromatic carbocycles. The van der Waals surface area contributed by atoms with Crippen molar-refractivity contribution in [2.45, 2.75) is 6.18 Å². The molecule has 0 aliphatic carbocycles. The third-order valence-corrected chi connectivity index (χ3v) is 12.6. The molecular weight excluding hydrogens is 782 g/mol. The Hall–Kier alpha value is -8.02. The lowest BCUT2D eigenvalue weighted by atomic mass is 9.91. The Morgan fingerprint density at radius 3 is 1.56 bits per heavy atom. The molecule has 0 saturated heterocycles. The van der Waals surface area contributed by atoms with Crippen LogP contribution in [0.1, 0.15) is 5.56 Å². The van der Waals surface area contributed by atoms with Crippen molar-refractivity contribution in [2.75, 3.05) is 0 Å². The van der Waals surface area contributed by atoms with Gasteiger partial charge in [0.05, 0.1) is 33.7 Å². The van der Waals surface area contributed by atoms with Gasteiger partial charge in [0.1, 0.15) is 0 Å². The Bertz CT molecular complexity index is 3690. The molecule has 298 valence electrons. The predicted molar refractivity (Wildman–Crippen MR) is 255 cm³/mol. The quantitative estimate of drug-likeness (QED) is 0.158. The zero-order valence-electron chi connectivity index (χ0n) is 33.7. The Balaban J connectivity index is 1.19. The smallest absolute Gasteiger partial charge is 0.309 e. The molecule has 2 heterocycles. The first-order valence-electron chi connectivity index (χ1n) is 21.0. The first-order chi connectivity index (χ1) is 30.9. The van der Waals surface area contributed by atoms with Crippen LogP contribution < -0.4 is 0 Å². The SMILES string of the molecule is FC(F)(F)c1ccc(-c2ccc3c4ccccc4c4cc5c6cc(-c7cccc8ccccc78)ccc6n(-c6cc(-c7ccccc7)nc(-c7ccccc7)c6)c5cc4c3c2)cc1. The van der Waals surface area contributed by atoms with Gasteiger partial charge < -0.3 is 4.57 Å². The Morgan fingerprint density at radius 1 is 0.333 bits per heavy atom. The first kappa shape index (κ1) is 36.8. The fourth-order valence-corrected chi connectivity index (χ4v) is 9.58. The highest BCUT2D eigenvalue weighted by Crippen LogP contribution is 2.44. The summed E-state index contributed by atoms with van der Waals surface area (Å²) in [6.45, 7) is 0. The molecule has 0 spiro atoms. The van der Waals surface area contributed by atoms with Crippen LogP contribution in [0.5, 0.6) is 0 Å². The van der Waals surface area contributed by atoms with Crippen molar-refractivity contribution in [3.63, 3.8) is 0 Å². The summed E-state index contributed by atoms with van der Waals surface area (Å²) in [6.07, 6.45) is -4.41. The Morgan fingerprint density at radius 2 is 0.857 bits per heavy atom. The van der Waals surface area contributed by atoms with Gasteiger partial charge in [-0.05, 0) is 120 Å². The lowest BCUT2D eigenvalue weighted by Gasteiger charge is -2.15. The van der Waals surface area contributed by atoms with E-state index in [1.807, 2.05) is 42.5 Å². The molecule has 2 aromatic heterocycles. The minimum absolute atomic E-state index is 0.663. The third-order valence-electron chi connectivity index (χ3n) is 12.6. The van der Waals surface area contributed by atoms with E-state index >= 15 is 0 Å². The summed E-state index contributed by atoms with van der Waals surface area (Å²) in [5, 5.41) is 11.2. The molecule has 0 radical (unpaired) electrons. The standard InChI is InChI=1S/C58H35F3N2/c59-58(60,61)42-26-22-36(23-27-42)40-24-28-48-46-19-9-10-20-47(46)50-34-53-52-31-41(45-21-11-17-37-12-7-8-18-44(37)45)25-29-56(52)63(57(53)35-51(50)49(48)30-40)43-32-54(38-13-3-1-4-14-38)62-55(33-43)39-15-5-2-6-16-39/h1-35H. The highest BCUT2D eigenvalue weighted by molar-refractivity contribution is 6.29. The number of rotatable bonds is 5. The molecule has 0 amide bonds. The highest BCUT2D eigenvalue weighted by atomic mass is 19.4. The van der Waals surface area contributed by atoms with Crippen LogP contribution in [0.2, 0.25) is 0 Å². The molecule has 0 saturated carbocycles. The normalized spacial score (nSPS) is 12.0. The molecule has 12 aromatic rings. The Labute approximate surface area is 360 Å². The lowest BCUT2D eigenvalue weighted by Crippen LogP contribution is -2.03. The summed E-state index contributed by atoms with van der Waals surface area (Å²) in [5.74, 6) is 0. The summed E-state index contributed by atoms with van der Waals surface area (Å²) in [6, 6.07) is 71.7. The van der Waals surface area contributed by atoms with E-state index in [9.17, 15) is 13.2 Å². The largest absolute Gasteiger partial charge is 0.416 e. The summed E-state index contributed by atoms with van der Waals surface area (Å²) in [5.41, 5.74) is 10.1. The zero-order valence-corrected chi connectivity index (χ0v) is 33.7. The monoisotopic (exact) mass is 816 g/mol. The molecule has 0 unspecified atom stereocenters. The van der Waals surface area contributed by atoms with Gasteiger partial charge in [0.15, 0.2) is 0 Å². The summed E-state index contributed by atoms with van der Waals surface area (Å²) < 4.78 is 43.2. The predicted octanol–water partition coefficient (Wildman–Crippen LogP) is 16.5. The third kappa shape index (κ3) is 6.15. The average Bonchev–Trinajstić information content (AvgIpc) is 3.66. The van der Waals surface area contributed by atoms with E-state index in [-0.39, 0.29) is 0 Å². The van der Waals surface area contributed by atoms with E-state index < -0.39 is 11.7 Å². The maximum Gasteiger partial charge on any atom is 0.416 e. The maximum absolute atomic E-state index is 13.6. The second kappa shape index (κ2) is 14.3. The van der Waals surface area contributed by atoms with Crippen LogP contribution in [0.3, 0.4) is 0 Å². The number of halogens is 3. The average molecular weight is 817 g/mol.